The second-order valence-corrected chi connectivity index (χ2v) is 8.96. The number of amides is 1. The van der Waals surface area contributed by atoms with E-state index in [-0.39, 0.29) is 5.91 Å². The fourth-order valence-electron chi connectivity index (χ4n) is 4.73. The topological polar surface area (TPSA) is 73.9 Å². The third kappa shape index (κ3) is 4.65. The van der Waals surface area contributed by atoms with E-state index in [1.54, 1.807) is 0 Å². The molecule has 170 valence electrons. The number of aliphatic hydroxyl groups is 2. The summed E-state index contributed by atoms with van der Waals surface area (Å²) in [4.78, 5) is 14.2. The van der Waals surface area contributed by atoms with Crippen LogP contribution in [-0.4, -0.2) is 34.1 Å². The maximum absolute atomic E-state index is 12.3. The minimum absolute atomic E-state index is 0.124. The number of rotatable bonds is 7. The standard InChI is InChI=1S/C28H29NO4/c30-24(10-13-28(32)29-14-4-5-15-29)20-8-11-26-22(17-20)23-18-21(9-12-27(23)33-26)25(31)16-19-6-2-1-3-7-19/h1-3,6-9,11-12,17-18,24-25,30-31H,4-5,10,13-16H2. The van der Waals surface area contributed by atoms with Crippen molar-refractivity contribution < 1.29 is 19.4 Å². The van der Waals surface area contributed by atoms with Gasteiger partial charge in [-0.1, -0.05) is 42.5 Å². The molecule has 1 aliphatic heterocycles. The summed E-state index contributed by atoms with van der Waals surface area (Å²) in [6.07, 6.45) is 2.10. The Labute approximate surface area is 193 Å². The van der Waals surface area contributed by atoms with Crippen LogP contribution in [0.15, 0.2) is 71.1 Å². The van der Waals surface area contributed by atoms with E-state index in [0.29, 0.717) is 19.3 Å². The van der Waals surface area contributed by atoms with Crippen molar-refractivity contribution in [1.82, 2.24) is 4.90 Å². The summed E-state index contributed by atoms with van der Waals surface area (Å²) in [5, 5.41) is 23.4. The predicted molar refractivity (Wildman–Crippen MR) is 129 cm³/mol. The fourth-order valence-corrected chi connectivity index (χ4v) is 4.73. The van der Waals surface area contributed by atoms with Crippen LogP contribution in [0.5, 0.6) is 0 Å². The highest BCUT2D eigenvalue weighted by molar-refractivity contribution is 6.05. The third-order valence-electron chi connectivity index (χ3n) is 6.65. The average Bonchev–Trinajstić information content (AvgIpc) is 3.50. The number of hydrogen-bond acceptors (Lipinski definition) is 4. The van der Waals surface area contributed by atoms with Crippen molar-refractivity contribution >= 4 is 27.8 Å². The Hall–Kier alpha value is -3.15. The highest BCUT2D eigenvalue weighted by Gasteiger charge is 2.20. The summed E-state index contributed by atoms with van der Waals surface area (Å²) in [7, 11) is 0. The zero-order chi connectivity index (χ0) is 22.8. The van der Waals surface area contributed by atoms with Crippen molar-refractivity contribution in [1.29, 1.82) is 0 Å². The molecule has 4 aromatic rings. The molecule has 2 unspecified atom stereocenters. The third-order valence-corrected chi connectivity index (χ3v) is 6.65. The van der Waals surface area contributed by atoms with Crippen LogP contribution >= 0.6 is 0 Å². The molecule has 5 rings (SSSR count). The molecule has 0 aliphatic carbocycles. The lowest BCUT2D eigenvalue weighted by Crippen LogP contribution is -2.27. The Morgan fingerprint density at radius 3 is 2.09 bits per heavy atom. The first-order valence-electron chi connectivity index (χ1n) is 11.7. The van der Waals surface area contributed by atoms with Gasteiger partial charge in [0.2, 0.25) is 5.91 Å². The van der Waals surface area contributed by atoms with E-state index < -0.39 is 12.2 Å². The predicted octanol–water partition coefficient (Wildman–Crippen LogP) is 5.30. The van der Waals surface area contributed by atoms with Crippen molar-refractivity contribution in [2.45, 2.75) is 44.3 Å². The van der Waals surface area contributed by atoms with E-state index in [9.17, 15) is 15.0 Å². The number of carbonyl (C=O) groups excluding carboxylic acids is 1. The molecule has 33 heavy (non-hydrogen) atoms. The van der Waals surface area contributed by atoms with E-state index in [4.69, 9.17) is 4.42 Å². The molecule has 1 aromatic heterocycles. The summed E-state index contributed by atoms with van der Waals surface area (Å²) in [5.41, 5.74) is 4.17. The summed E-state index contributed by atoms with van der Waals surface area (Å²) in [6, 6.07) is 21.4. The van der Waals surface area contributed by atoms with Crippen molar-refractivity contribution in [3.8, 4) is 0 Å². The van der Waals surface area contributed by atoms with Crippen LogP contribution in [0.25, 0.3) is 21.9 Å². The number of carbonyl (C=O) groups is 1. The van der Waals surface area contributed by atoms with E-state index >= 15 is 0 Å². The molecule has 5 nitrogen and oxygen atoms in total. The highest BCUT2D eigenvalue weighted by atomic mass is 16.3. The van der Waals surface area contributed by atoms with Crippen LogP contribution in [0, 0.1) is 0 Å². The van der Waals surface area contributed by atoms with Crippen LogP contribution in [0.2, 0.25) is 0 Å². The van der Waals surface area contributed by atoms with Gasteiger partial charge < -0.3 is 19.5 Å². The summed E-state index contributed by atoms with van der Waals surface area (Å²) >= 11 is 0. The van der Waals surface area contributed by atoms with Crippen molar-refractivity contribution in [2.75, 3.05) is 13.1 Å². The van der Waals surface area contributed by atoms with Gasteiger partial charge in [-0.25, -0.2) is 0 Å². The molecule has 0 bridgehead atoms. The Balaban J connectivity index is 1.36. The molecule has 2 heterocycles. The molecule has 0 spiro atoms. The average molecular weight is 444 g/mol. The van der Waals surface area contributed by atoms with Crippen molar-refractivity contribution in [3.63, 3.8) is 0 Å². The normalized spacial score (nSPS) is 15.9. The lowest BCUT2D eigenvalue weighted by molar-refractivity contribution is -0.130. The number of benzene rings is 3. The van der Waals surface area contributed by atoms with E-state index in [1.165, 1.54) is 0 Å². The Morgan fingerprint density at radius 1 is 0.848 bits per heavy atom. The molecule has 1 amide bonds. The number of likely N-dealkylation sites (tertiary alicyclic amines) is 1. The Bertz CT molecular complexity index is 1260. The number of furan rings is 1. The minimum atomic E-state index is -0.710. The van der Waals surface area contributed by atoms with E-state index in [1.807, 2.05) is 71.6 Å². The first kappa shape index (κ1) is 21.7. The first-order valence-corrected chi connectivity index (χ1v) is 11.7. The highest BCUT2D eigenvalue weighted by Crippen LogP contribution is 2.34. The molecule has 2 atom stereocenters. The van der Waals surface area contributed by atoms with E-state index in [2.05, 4.69) is 0 Å². The van der Waals surface area contributed by atoms with Gasteiger partial charge in [-0.05, 0) is 60.2 Å². The van der Waals surface area contributed by atoms with Gasteiger partial charge in [0.15, 0.2) is 0 Å². The Kier molecular flexibility index (Phi) is 6.16. The summed E-state index contributed by atoms with van der Waals surface area (Å²) < 4.78 is 5.98. The van der Waals surface area contributed by atoms with Crippen LogP contribution in [0.1, 0.15) is 54.6 Å². The van der Waals surface area contributed by atoms with Gasteiger partial charge in [0, 0.05) is 36.7 Å². The second kappa shape index (κ2) is 9.38. The summed E-state index contributed by atoms with van der Waals surface area (Å²) in [6.45, 7) is 1.67. The molecule has 1 fully saturated rings. The molecule has 3 aromatic carbocycles. The van der Waals surface area contributed by atoms with Gasteiger partial charge in [-0.2, -0.15) is 0 Å². The molecule has 1 saturated heterocycles. The molecular formula is C28H29NO4. The van der Waals surface area contributed by atoms with Gasteiger partial charge >= 0.3 is 0 Å². The smallest absolute Gasteiger partial charge is 0.222 e. The van der Waals surface area contributed by atoms with Crippen molar-refractivity contribution in [2.24, 2.45) is 0 Å². The monoisotopic (exact) mass is 443 g/mol. The zero-order valence-corrected chi connectivity index (χ0v) is 18.6. The number of aliphatic hydroxyl groups excluding tert-OH is 2. The maximum atomic E-state index is 12.3. The number of fused-ring (bicyclic) bond motifs is 3. The second-order valence-electron chi connectivity index (χ2n) is 8.96. The lowest BCUT2D eigenvalue weighted by Gasteiger charge is -2.17. The zero-order valence-electron chi connectivity index (χ0n) is 18.6. The van der Waals surface area contributed by atoms with Crippen LogP contribution in [0.4, 0.5) is 0 Å². The Morgan fingerprint density at radius 2 is 1.45 bits per heavy atom. The van der Waals surface area contributed by atoms with Gasteiger partial charge in [0.1, 0.15) is 11.2 Å². The molecule has 5 heteroatoms. The number of nitrogens with zero attached hydrogens (tertiary/aromatic N) is 1. The minimum Gasteiger partial charge on any atom is -0.456 e. The molecule has 2 N–H and O–H groups in total. The lowest BCUT2D eigenvalue weighted by atomic mass is 9.98. The van der Waals surface area contributed by atoms with Gasteiger partial charge in [-0.15, -0.1) is 0 Å². The van der Waals surface area contributed by atoms with Crippen LogP contribution in [0.3, 0.4) is 0 Å². The first-order chi connectivity index (χ1) is 16.1. The summed E-state index contributed by atoms with van der Waals surface area (Å²) in [5.74, 6) is 0.124. The van der Waals surface area contributed by atoms with Crippen molar-refractivity contribution in [3.05, 3.63) is 83.4 Å². The van der Waals surface area contributed by atoms with E-state index in [0.717, 1.165) is 64.6 Å². The quantitative estimate of drug-likeness (QED) is 0.407. The SMILES string of the molecule is O=C(CCC(O)c1ccc2oc3ccc(C(O)Cc4ccccc4)cc3c2c1)N1CCCC1. The van der Waals surface area contributed by atoms with Gasteiger partial charge in [0.25, 0.3) is 0 Å². The molecular weight excluding hydrogens is 414 g/mol. The van der Waals surface area contributed by atoms with Gasteiger partial charge in [0.05, 0.1) is 12.2 Å². The maximum Gasteiger partial charge on any atom is 0.222 e. The largest absolute Gasteiger partial charge is 0.456 e. The van der Waals surface area contributed by atoms with Gasteiger partial charge in [-0.3, -0.25) is 4.79 Å². The molecule has 0 saturated carbocycles. The molecule has 0 radical (unpaired) electrons. The van der Waals surface area contributed by atoms with Crippen LogP contribution in [-0.2, 0) is 11.2 Å². The molecule has 1 aliphatic rings. The fraction of sp³-hybridized carbons (Fsp3) is 0.321. The number of hydrogen-bond donors (Lipinski definition) is 2. The van der Waals surface area contributed by atoms with Crippen LogP contribution < -0.4 is 0 Å².